The van der Waals surface area contributed by atoms with E-state index >= 15 is 0 Å². The summed E-state index contributed by atoms with van der Waals surface area (Å²) in [5.74, 6) is 2.02. The van der Waals surface area contributed by atoms with Crippen LogP contribution in [-0.2, 0) is 14.3 Å². The molecule has 4 fully saturated rings. The number of allylic oxidation sites excluding steroid dienone is 2. The molecular weight excluding hydrogens is 436 g/mol. The number of hydrogen-bond donors (Lipinski definition) is 1. The van der Waals surface area contributed by atoms with Gasteiger partial charge in [-0.15, -0.1) is 0 Å². The molecule has 5 aliphatic carbocycles. The lowest BCUT2D eigenvalue weighted by atomic mass is 9.34. The summed E-state index contributed by atoms with van der Waals surface area (Å²) in [4.78, 5) is 24.6. The molecule has 4 saturated carbocycles. The minimum atomic E-state index is -0.571. The number of hydrogen-bond acceptors (Lipinski definition) is 3. The largest absolute Gasteiger partial charge is 0.481 e. The summed E-state index contributed by atoms with van der Waals surface area (Å²) in [5.41, 5.74) is 1.42. The van der Waals surface area contributed by atoms with Crippen molar-refractivity contribution in [1.82, 2.24) is 0 Å². The lowest BCUT2D eigenvalue weighted by Gasteiger charge is -2.70. The molecule has 35 heavy (non-hydrogen) atoms. The Morgan fingerprint density at radius 3 is 2.31 bits per heavy atom. The zero-order valence-electron chi connectivity index (χ0n) is 23.2. The van der Waals surface area contributed by atoms with Gasteiger partial charge in [0, 0.05) is 6.92 Å². The molecule has 0 radical (unpaired) electrons. The van der Waals surface area contributed by atoms with Crippen molar-refractivity contribution in [2.24, 2.45) is 57.2 Å². The van der Waals surface area contributed by atoms with Crippen LogP contribution in [0.3, 0.4) is 0 Å². The first-order valence-corrected chi connectivity index (χ1v) is 14.4. The Bertz CT molecular complexity index is 938. The molecule has 11 atom stereocenters. The molecule has 4 nitrogen and oxygen atoms in total. The highest BCUT2D eigenvalue weighted by Gasteiger charge is 2.68. The second-order valence-corrected chi connectivity index (χ2v) is 14.2. The number of rotatable bonds is 2. The van der Waals surface area contributed by atoms with Crippen molar-refractivity contribution in [3.63, 3.8) is 0 Å². The summed E-state index contributed by atoms with van der Waals surface area (Å²) in [6, 6.07) is 0. The fourth-order valence-corrected chi connectivity index (χ4v) is 10.8. The SMILES string of the molecule is CC(=O)OC1CCC2(C)C(CCC3(C)C2CC=C2C4C(C)[C@H](C)CCC4(C(=O)O)CC[C@]23C)C1C. The van der Waals surface area contributed by atoms with E-state index < -0.39 is 11.4 Å². The van der Waals surface area contributed by atoms with Crippen molar-refractivity contribution in [3.05, 3.63) is 11.6 Å². The van der Waals surface area contributed by atoms with E-state index in [1.807, 2.05) is 0 Å². The Hall–Kier alpha value is -1.32. The van der Waals surface area contributed by atoms with Gasteiger partial charge in [0.25, 0.3) is 0 Å². The van der Waals surface area contributed by atoms with E-state index in [-0.39, 0.29) is 34.2 Å². The first-order valence-electron chi connectivity index (χ1n) is 14.4. The topological polar surface area (TPSA) is 63.6 Å². The van der Waals surface area contributed by atoms with Gasteiger partial charge >= 0.3 is 11.9 Å². The summed E-state index contributed by atoms with van der Waals surface area (Å²) in [7, 11) is 0. The fourth-order valence-electron chi connectivity index (χ4n) is 10.8. The number of carboxylic acids is 1. The molecule has 0 saturated heterocycles. The maximum absolute atomic E-state index is 12.8. The summed E-state index contributed by atoms with van der Waals surface area (Å²) in [5, 5.41) is 10.5. The molecular formula is C31H48O4. The molecule has 0 aromatic rings. The fraction of sp³-hybridized carbons (Fsp3) is 0.871. The smallest absolute Gasteiger partial charge is 0.310 e. The van der Waals surface area contributed by atoms with Crippen LogP contribution in [0.25, 0.3) is 0 Å². The molecule has 0 heterocycles. The van der Waals surface area contributed by atoms with Gasteiger partial charge in [0.1, 0.15) is 6.10 Å². The van der Waals surface area contributed by atoms with Crippen molar-refractivity contribution < 1.29 is 19.4 Å². The zero-order valence-corrected chi connectivity index (χ0v) is 23.2. The van der Waals surface area contributed by atoms with E-state index in [0.717, 1.165) is 44.9 Å². The molecule has 0 aromatic heterocycles. The van der Waals surface area contributed by atoms with Gasteiger partial charge in [-0.3, -0.25) is 9.59 Å². The van der Waals surface area contributed by atoms with E-state index in [2.05, 4.69) is 47.6 Å². The van der Waals surface area contributed by atoms with Gasteiger partial charge < -0.3 is 9.84 Å². The van der Waals surface area contributed by atoms with Crippen molar-refractivity contribution in [1.29, 1.82) is 0 Å². The van der Waals surface area contributed by atoms with Crippen LogP contribution in [0.5, 0.6) is 0 Å². The number of carboxylic acid groups (broad SMARTS) is 1. The van der Waals surface area contributed by atoms with Crippen LogP contribution in [0, 0.1) is 57.2 Å². The van der Waals surface area contributed by atoms with E-state index in [1.165, 1.54) is 18.4 Å². The van der Waals surface area contributed by atoms with Crippen LogP contribution >= 0.6 is 0 Å². The highest BCUT2D eigenvalue weighted by molar-refractivity contribution is 5.76. The van der Waals surface area contributed by atoms with Crippen LogP contribution in [0.1, 0.15) is 106 Å². The Labute approximate surface area is 212 Å². The number of aliphatic carboxylic acids is 1. The monoisotopic (exact) mass is 484 g/mol. The average molecular weight is 485 g/mol. The lowest BCUT2D eigenvalue weighted by Crippen LogP contribution is -2.64. The summed E-state index contributed by atoms with van der Waals surface area (Å²) in [6.45, 7) is 16.2. The molecule has 0 aliphatic heterocycles. The molecule has 5 rings (SSSR count). The predicted octanol–water partition coefficient (Wildman–Crippen LogP) is 7.27. The van der Waals surface area contributed by atoms with E-state index in [0.29, 0.717) is 29.6 Å². The van der Waals surface area contributed by atoms with Crippen LogP contribution in [0.15, 0.2) is 11.6 Å². The van der Waals surface area contributed by atoms with Crippen LogP contribution in [0.2, 0.25) is 0 Å². The Morgan fingerprint density at radius 2 is 1.66 bits per heavy atom. The van der Waals surface area contributed by atoms with Gasteiger partial charge in [0.05, 0.1) is 5.41 Å². The van der Waals surface area contributed by atoms with Crippen molar-refractivity contribution in [3.8, 4) is 0 Å². The molecule has 5 aliphatic rings. The number of carbonyl (C=O) groups is 2. The number of carbonyl (C=O) groups excluding carboxylic acids is 1. The van der Waals surface area contributed by atoms with Crippen molar-refractivity contribution in [2.45, 2.75) is 112 Å². The molecule has 0 aromatic carbocycles. The molecule has 0 spiro atoms. The highest BCUT2D eigenvalue weighted by atomic mass is 16.5. The van der Waals surface area contributed by atoms with Gasteiger partial charge in [0.2, 0.25) is 0 Å². The second kappa shape index (κ2) is 8.09. The quantitative estimate of drug-likeness (QED) is 0.331. The maximum atomic E-state index is 12.8. The standard InChI is InChI=1S/C31H48O4/c1-18-10-15-31(27(33)34)17-16-29(6)23(26(31)19(18)2)8-9-25-28(5)13-12-24(35-21(4)32)20(3)22(28)11-14-30(25,29)7/h8,18-20,22,24-26H,9-17H2,1-7H3,(H,33,34)/t18-,19?,20?,22?,24?,25?,26?,28?,29-,30?,31?/m1/s1. The summed E-state index contributed by atoms with van der Waals surface area (Å²) in [6.07, 6.45) is 11.8. The van der Waals surface area contributed by atoms with E-state index in [4.69, 9.17) is 4.74 Å². The van der Waals surface area contributed by atoms with Crippen LogP contribution < -0.4 is 0 Å². The average Bonchev–Trinajstić information content (AvgIpc) is 2.78. The van der Waals surface area contributed by atoms with Crippen LogP contribution in [-0.4, -0.2) is 23.1 Å². The predicted molar refractivity (Wildman–Crippen MR) is 138 cm³/mol. The second-order valence-electron chi connectivity index (χ2n) is 14.2. The molecule has 196 valence electrons. The normalized spacial score (nSPS) is 53.2. The third-order valence-electron chi connectivity index (χ3n) is 13.3. The van der Waals surface area contributed by atoms with Gasteiger partial charge in [0.15, 0.2) is 0 Å². The zero-order chi connectivity index (χ0) is 25.6. The lowest BCUT2D eigenvalue weighted by molar-refractivity contribution is -0.194. The third-order valence-corrected chi connectivity index (χ3v) is 13.3. The van der Waals surface area contributed by atoms with Gasteiger partial charge in [-0.25, -0.2) is 0 Å². The van der Waals surface area contributed by atoms with E-state index in [9.17, 15) is 14.7 Å². The summed E-state index contributed by atoms with van der Waals surface area (Å²) >= 11 is 0. The minimum Gasteiger partial charge on any atom is -0.481 e. The molecule has 0 amide bonds. The minimum absolute atomic E-state index is 0.0515. The first kappa shape index (κ1) is 25.3. The van der Waals surface area contributed by atoms with Crippen molar-refractivity contribution in [2.75, 3.05) is 0 Å². The van der Waals surface area contributed by atoms with E-state index in [1.54, 1.807) is 6.92 Å². The Balaban J connectivity index is 1.54. The Kier molecular flexibility index (Phi) is 5.85. The molecule has 9 unspecified atom stereocenters. The first-order chi connectivity index (χ1) is 16.3. The number of fused-ring (bicyclic) bond motifs is 7. The highest BCUT2D eigenvalue weighted by Crippen LogP contribution is 2.74. The molecule has 1 N–H and O–H groups in total. The van der Waals surface area contributed by atoms with Gasteiger partial charge in [-0.1, -0.05) is 53.2 Å². The van der Waals surface area contributed by atoms with Crippen molar-refractivity contribution >= 4 is 11.9 Å². The van der Waals surface area contributed by atoms with Crippen LogP contribution in [0.4, 0.5) is 0 Å². The number of esters is 1. The van der Waals surface area contributed by atoms with Gasteiger partial charge in [-0.2, -0.15) is 0 Å². The molecule has 0 bridgehead atoms. The molecule has 4 heteroatoms. The number of ether oxygens (including phenoxy) is 1. The maximum Gasteiger partial charge on any atom is 0.310 e. The summed E-state index contributed by atoms with van der Waals surface area (Å²) < 4.78 is 5.77. The van der Waals surface area contributed by atoms with Gasteiger partial charge in [-0.05, 0) is 110 Å². The third kappa shape index (κ3) is 3.22. The Morgan fingerprint density at radius 1 is 0.943 bits per heavy atom.